The van der Waals surface area contributed by atoms with Crippen LogP contribution in [-0.2, 0) is 34.5 Å². The van der Waals surface area contributed by atoms with Gasteiger partial charge in [0.1, 0.15) is 17.9 Å². The van der Waals surface area contributed by atoms with Gasteiger partial charge in [0.15, 0.2) is 0 Å². The minimum absolute atomic E-state index is 0.0283. The Bertz CT molecular complexity index is 2330. The summed E-state index contributed by atoms with van der Waals surface area (Å²) in [6, 6.07) is 16.4. The van der Waals surface area contributed by atoms with Gasteiger partial charge in [-0.2, -0.15) is 5.10 Å². The largest absolute Gasteiger partial charge is 0.481 e. The van der Waals surface area contributed by atoms with Crippen molar-refractivity contribution in [2.75, 3.05) is 20.2 Å². The summed E-state index contributed by atoms with van der Waals surface area (Å²) in [5.41, 5.74) is 4.68. The summed E-state index contributed by atoms with van der Waals surface area (Å²) < 4.78 is 14.0. The molecule has 2 atom stereocenters. The Morgan fingerprint density at radius 2 is 1.56 bits per heavy atom. The number of nitrogens with one attached hydrogen (secondary N) is 4. The molecule has 0 radical (unpaired) electrons. The van der Waals surface area contributed by atoms with E-state index in [1.54, 1.807) is 36.0 Å². The van der Waals surface area contributed by atoms with Crippen molar-refractivity contribution in [3.05, 3.63) is 92.6 Å². The zero-order chi connectivity index (χ0) is 37.9. The van der Waals surface area contributed by atoms with Crippen molar-refractivity contribution in [2.45, 2.75) is 50.9 Å². The highest BCUT2D eigenvalue weighted by Crippen LogP contribution is 2.42. The van der Waals surface area contributed by atoms with Gasteiger partial charge in [-0.15, -0.1) is 0 Å². The summed E-state index contributed by atoms with van der Waals surface area (Å²) in [4.78, 5) is 53.3. The second-order valence-electron chi connectivity index (χ2n) is 13.2. The van der Waals surface area contributed by atoms with Crippen LogP contribution in [0.1, 0.15) is 37.1 Å². The summed E-state index contributed by atoms with van der Waals surface area (Å²) in [6.07, 6.45) is 3.57. The number of fused-ring (bicyclic) bond motifs is 1. The average Bonchev–Trinajstić information content (AvgIpc) is 3.91. The second kappa shape index (κ2) is 15.9. The molecule has 14 nitrogen and oxygen atoms in total. The predicted molar refractivity (Wildman–Crippen MR) is 203 cm³/mol. The van der Waals surface area contributed by atoms with Crippen LogP contribution in [-0.4, -0.2) is 69.4 Å². The molecule has 2 saturated heterocycles. The molecule has 0 aliphatic carbocycles. The highest BCUT2D eigenvalue weighted by molar-refractivity contribution is 6.39. The van der Waals surface area contributed by atoms with E-state index in [2.05, 4.69) is 26.3 Å². The van der Waals surface area contributed by atoms with Gasteiger partial charge in [0.05, 0.1) is 35.0 Å². The standard InChI is InChI=1S/C38H38Cl2N8O6/c1-47-31(18-41-16-23-10-13-32(49)43-23)46-48-19-22(15-30(48)37(47)51)25-5-3-6-26(34(25)39)27-7-4-8-28(35(27)40)29-12-9-21(36(45-29)53-2)20-54-38(52)42-17-24-11-14-33(50)44-24/h3-9,12,15,19,23-24,41H,10-11,13-14,16-18,20H2,1-2H3,(H,42,52)(H,43,49)(H,44,50)/t23-,24-/m0/s1. The Hall–Kier alpha value is -5.44. The fourth-order valence-corrected chi connectivity index (χ4v) is 7.36. The number of rotatable bonds is 12. The maximum atomic E-state index is 13.4. The Morgan fingerprint density at radius 1 is 0.907 bits per heavy atom. The van der Waals surface area contributed by atoms with Gasteiger partial charge in [0.25, 0.3) is 5.56 Å². The number of halogens is 2. The summed E-state index contributed by atoms with van der Waals surface area (Å²) >= 11 is 14.2. The number of methoxy groups -OCH3 is 1. The van der Waals surface area contributed by atoms with Gasteiger partial charge in [0, 0.05) is 79.1 Å². The van der Waals surface area contributed by atoms with E-state index < -0.39 is 6.09 Å². The van der Waals surface area contributed by atoms with E-state index in [1.807, 2.05) is 36.4 Å². The molecule has 7 rings (SSSR count). The third-order valence-electron chi connectivity index (χ3n) is 9.64. The van der Waals surface area contributed by atoms with Crippen LogP contribution in [0.3, 0.4) is 0 Å². The molecule has 2 aliphatic rings. The molecule has 3 aromatic heterocycles. The number of benzene rings is 2. The Kier molecular flexibility index (Phi) is 10.9. The number of aromatic nitrogens is 4. The zero-order valence-electron chi connectivity index (χ0n) is 29.6. The van der Waals surface area contributed by atoms with Crippen LogP contribution in [0.25, 0.3) is 39.0 Å². The van der Waals surface area contributed by atoms with E-state index >= 15 is 0 Å². The third-order valence-corrected chi connectivity index (χ3v) is 10.5. The van der Waals surface area contributed by atoms with Gasteiger partial charge in [-0.05, 0) is 31.0 Å². The lowest BCUT2D eigenvalue weighted by Crippen LogP contribution is -2.38. The summed E-state index contributed by atoms with van der Waals surface area (Å²) in [5.74, 6) is 0.840. The SMILES string of the molecule is COc1nc(-c2cccc(-c3cccc(-c4cc5c(=O)n(C)c(CNC[C@@H]6CCC(=O)N6)nn5c4)c3Cl)c2Cl)ccc1COC(=O)NC[C@@H]1CCC(=O)N1. The van der Waals surface area contributed by atoms with Crippen LogP contribution in [0.4, 0.5) is 4.79 Å². The normalized spacial score (nSPS) is 16.7. The van der Waals surface area contributed by atoms with Crippen LogP contribution in [0.5, 0.6) is 5.88 Å². The molecule has 2 aromatic carbocycles. The fraction of sp³-hybridized carbons (Fsp3) is 0.316. The first-order valence-corrected chi connectivity index (χ1v) is 18.3. The molecule has 280 valence electrons. The van der Waals surface area contributed by atoms with Crippen LogP contribution in [0.2, 0.25) is 10.0 Å². The number of nitrogens with zero attached hydrogens (tertiary/aromatic N) is 4. The molecular formula is C38H38Cl2N8O6. The number of pyridine rings is 1. The van der Waals surface area contributed by atoms with E-state index in [4.69, 9.17) is 37.8 Å². The zero-order valence-corrected chi connectivity index (χ0v) is 31.1. The summed E-state index contributed by atoms with van der Waals surface area (Å²) in [6.45, 7) is 1.14. The Morgan fingerprint density at radius 3 is 2.22 bits per heavy atom. The Balaban J connectivity index is 1.09. The van der Waals surface area contributed by atoms with Gasteiger partial charge in [-0.25, -0.2) is 14.3 Å². The van der Waals surface area contributed by atoms with Crippen molar-refractivity contribution in [2.24, 2.45) is 7.05 Å². The number of hydrogen-bond donors (Lipinski definition) is 4. The maximum Gasteiger partial charge on any atom is 0.407 e. The molecule has 5 heterocycles. The number of carbonyl (C=O) groups excluding carboxylic acids is 3. The van der Waals surface area contributed by atoms with Crippen LogP contribution >= 0.6 is 23.2 Å². The molecule has 3 amide bonds. The highest BCUT2D eigenvalue weighted by atomic mass is 35.5. The van der Waals surface area contributed by atoms with Crippen molar-refractivity contribution in [1.82, 2.24) is 40.4 Å². The van der Waals surface area contributed by atoms with E-state index in [1.165, 1.54) is 11.7 Å². The summed E-state index contributed by atoms with van der Waals surface area (Å²) in [7, 11) is 3.17. The van der Waals surface area contributed by atoms with Crippen molar-refractivity contribution < 1.29 is 23.9 Å². The van der Waals surface area contributed by atoms with E-state index in [9.17, 15) is 19.2 Å². The minimum atomic E-state index is -0.616. The average molecular weight is 774 g/mol. The van der Waals surface area contributed by atoms with Crippen molar-refractivity contribution >= 4 is 46.6 Å². The molecular weight excluding hydrogens is 735 g/mol. The monoisotopic (exact) mass is 772 g/mol. The lowest BCUT2D eigenvalue weighted by Gasteiger charge is -2.15. The van der Waals surface area contributed by atoms with Crippen molar-refractivity contribution in [3.63, 3.8) is 0 Å². The molecule has 0 saturated carbocycles. The first-order chi connectivity index (χ1) is 26.1. The second-order valence-corrected chi connectivity index (χ2v) is 14.0. The fourth-order valence-electron chi connectivity index (χ4n) is 6.70. The molecule has 16 heteroatoms. The number of amides is 3. The Labute approximate surface area is 320 Å². The van der Waals surface area contributed by atoms with E-state index in [0.29, 0.717) is 92.8 Å². The lowest BCUT2D eigenvalue weighted by molar-refractivity contribution is -0.120. The number of ether oxygens (including phenoxy) is 2. The maximum absolute atomic E-state index is 13.4. The van der Waals surface area contributed by atoms with E-state index in [0.717, 1.165) is 6.42 Å². The molecule has 0 bridgehead atoms. The van der Waals surface area contributed by atoms with Gasteiger partial charge >= 0.3 is 6.09 Å². The molecule has 2 fully saturated rings. The predicted octanol–water partition coefficient (Wildman–Crippen LogP) is 4.62. The van der Waals surface area contributed by atoms with Crippen LogP contribution in [0.15, 0.2) is 65.6 Å². The topological polar surface area (TPSA) is 170 Å². The molecule has 54 heavy (non-hydrogen) atoms. The number of alkyl carbamates (subject to hydrolysis) is 1. The first kappa shape index (κ1) is 36.9. The molecule has 4 N–H and O–H groups in total. The van der Waals surface area contributed by atoms with Gasteiger partial charge in [-0.3, -0.25) is 19.0 Å². The number of hydrogen-bond acceptors (Lipinski definition) is 9. The quantitative estimate of drug-likeness (QED) is 0.141. The smallest absolute Gasteiger partial charge is 0.407 e. The van der Waals surface area contributed by atoms with Gasteiger partial charge < -0.3 is 30.7 Å². The summed E-state index contributed by atoms with van der Waals surface area (Å²) in [5, 5.41) is 17.3. The van der Waals surface area contributed by atoms with Crippen LogP contribution < -0.4 is 31.6 Å². The van der Waals surface area contributed by atoms with Crippen molar-refractivity contribution in [1.29, 1.82) is 0 Å². The molecule has 5 aromatic rings. The van der Waals surface area contributed by atoms with Crippen LogP contribution in [0, 0.1) is 0 Å². The lowest BCUT2D eigenvalue weighted by atomic mass is 9.97. The van der Waals surface area contributed by atoms with Crippen molar-refractivity contribution in [3.8, 4) is 39.4 Å². The highest BCUT2D eigenvalue weighted by Gasteiger charge is 2.23. The first-order valence-electron chi connectivity index (χ1n) is 17.5. The minimum Gasteiger partial charge on any atom is -0.481 e. The molecule has 2 aliphatic heterocycles. The van der Waals surface area contributed by atoms with Gasteiger partial charge in [-0.1, -0.05) is 59.6 Å². The molecule has 0 spiro atoms. The van der Waals surface area contributed by atoms with Gasteiger partial charge in [0.2, 0.25) is 17.7 Å². The third kappa shape index (κ3) is 7.77. The van der Waals surface area contributed by atoms with E-state index in [-0.39, 0.29) is 48.5 Å². The number of carbonyl (C=O) groups is 3. The molecule has 0 unspecified atom stereocenters.